The molecule has 31 heavy (non-hydrogen) atoms. The molecule has 158 valence electrons. The van der Waals surface area contributed by atoms with Crippen LogP contribution in [-0.4, -0.2) is 26.2 Å². The van der Waals surface area contributed by atoms with E-state index in [0.29, 0.717) is 5.02 Å². The number of nitrogens with one attached hydrogen (secondary N) is 1. The van der Waals surface area contributed by atoms with Crippen LogP contribution in [0.4, 0.5) is 5.69 Å². The Morgan fingerprint density at radius 2 is 1.97 bits per heavy atom. The smallest absolute Gasteiger partial charge is 0.237 e. The molecule has 0 aliphatic heterocycles. The van der Waals surface area contributed by atoms with E-state index in [2.05, 4.69) is 52.7 Å². The normalized spacial score (nSPS) is 12.1. The van der Waals surface area contributed by atoms with Gasteiger partial charge in [0.25, 0.3) is 0 Å². The molecule has 2 heterocycles. The molecule has 0 radical (unpaired) electrons. The van der Waals surface area contributed by atoms with Crippen LogP contribution in [0.2, 0.25) is 5.02 Å². The van der Waals surface area contributed by atoms with E-state index in [1.165, 1.54) is 41.3 Å². The van der Waals surface area contributed by atoms with Crippen molar-refractivity contribution in [2.75, 3.05) is 5.32 Å². The lowest BCUT2D eigenvalue weighted by molar-refractivity contribution is -0.115. The molecule has 0 bridgehead atoms. The number of carbonyl (C=O) groups excluding carboxylic acids is 1. The van der Waals surface area contributed by atoms with Gasteiger partial charge in [0.2, 0.25) is 5.91 Å². The van der Waals surface area contributed by atoms with Crippen molar-refractivity contribution in [2.45, 2.75) is 31.0 Å². The third kappa shape index (κ3) is 4.54. The number of benzene rings is 2. The highest BCUT2D eigenvalue weighted by molar-refractivity contribution is 8.00. The Kier molecular flexibility index (Phi) is 6.18. The van der Waals surface area contributed by atoms with Gasteiger partial charge < -0.3 is 10.4 Å². The van der Waals surface area contributed by atoms with Crippen molar-refractivity contribution in [3.8, 4) is 16.9 Å². The minimum atomic E-state index is -0.455. The summed E-state index contributed by atoms with van der Waals surface area (Å²) in [6.45, 7) is 5.97. The van der Waals surface area contributed by atoms with Gasteiger partial charge in [0, 0.05) is 16.0 Å². The second kappa shape index (κ2) is 8.86. The van der Waals surface area contributed by atoms with Crippen LogP contribution in [0.25, 0.3) is 21.3 Å². The Morgan fingerprint density at radius 3 is 2.74 bits per heavy atom. The first-order valence-corrected chi connectivity index (χ1v) is 11.7. The Bertz CT molecular complexity index is 1290. The molecule has 5 nitrogen and oxygen atoms in total. The van der Waals surface area contributed by atoms with Gasteiger partial charge in [0.15, 0.2) is 0 Å². The number of nitrogens with zero attached hydrogens (tertiary/aromatic N) is 2. The summed E-state index contributed by atoms with van der Waals surface area (Å²) < 4.78 is 0. The minimum Gasteiger partial charge on any atom is -0.506 e. The molecule has 1 atom stereocenters. The zero-order valence-corrected chi connectivity index (χ0v) is 19.5. The number of phenolic OH excluding ortho intramolecular Hbond substituents is 1. The summed E-state index contributed by atoms with van der Waals surface area (Å²) >= 11 is 8.90. The summed E-state index contributed by atoms with van der Waals surface area (Å²) in [5.41, 5.74) is 4.88. The van der Waals surface area contributed by atoms with Crippen LogP contribution in [0, 0.1) is 13.8 Å². The molecular formula is C23H20ClN3O2S2. The summed E-state index contributed by atoms with van der Waals surface area (Å²) in [4.78, 5) is 22.6. The number of hydrogen-bond donors (Lipinski definition) is 2. The number of hydrogen-bond acceptors (Lipinski definition) is 6. The Hall–Kier alpha value is -2.61. The van der Waals surface area contributed by atoms with E-state index >= 15 is 0 Å². The Balaban J connectivity index is 1.64. The SMILES string of the molecule is Cc1ccc(-c2csc3ncnc(SC(C)C(=O)Nc4cc(Cl)ccc4O)c23)c(C)c1. The lowest BCUT2D eigenvalue weighted by atomic mass is 9.99. The second-order valence-electron chi connectivity index (χ2n) is 7.24. The molecule has 0 saturated carbocycles. The zero-order chi connectivity index (χ0) is 22.1. The van der Waals surface area contributed by atoms with Gasteiger partial charge in [-0.2, -0.15) is 0 Å². The highest BCUT2D eigenvalue weighted by atomic mass is 35.5. The fourth-order valence-electron chi connectivity index (χ4n) is 3.31. The highest BCUT2D eigenvalue weighted by Crippen LogP contribution is 2.40. The maximum atomic E-state index is 12.8. The number of carbonyl (C=O) groups is 1. The van der Waals surface area contributed by atoms with E-state index < -0.39 is 5.25 Å². The number of rotatable bonds is 5. The zero-order valence-electron chi connectivity index (χ0n) is 17.1. The largest absolute Gasteiger partial charge is 0.506 e. The number of thiophene rings is 1. The predicted octanol–water partition coefficient (Wildman–Crippen LogP) is 6.45. The fraction of sp³-hybridized carbons (Fsp3) is 0.174. The van der Waals surface area contributed by atoms with Crippen LogP contribution in [0.15, 0.2) is 53.1 Å². The van der Waals surface area contributed by atoms with Crippen molar-refractivity contribution in [3.05, 3.63) is 64.3 Å². The molecule has 1 unspecified atom stereocenters. The summed E-state index contributed by atoms with van der Waals surface area (Å²) in [7, 11) is 0. The number of aromatic nitrogens is 2. The first-order chi connectivity index (χ1) is 14.8. The molecule has 0 saturated heterocycles. The average Bonchev–Trinajstić information content (AvgIpc) is 3.15. The van der Waals surface area contributed by atoms with Gasteiger partial charge in [0.05, 0.1) is 16.3 Å². The molecule has 2 N–H and O–H groups in total. The fourth-order valence-corrected chi connectivity index (χ4v) is 5.39. The third-order valence-corrected chi connectivity index (χ3v) is 7.10. The van der Waals surface area contributed by atoms with Crippen molar-refractivity contribution in [3.63, 3.8) is 0 Å². The summed E-state index contributed by atoms with van der Waals surface area (Å²) in [5, 5.41) is 16.5. The van der Waals surface area contributed by atoms with E-state index in [1.807, 2.05) is 0 Å². The van der Waals surface area contributed by atoms with Crippen LogP contribution >= 0.6 is 34.7 Å². The molecule has 0 aliphatic carbocycles. The second-order valence-corrected chi connectivity index (χ2v) is 9.86. The van der Waals surface area contributed by atoms with Crippen molar-refractivity contribution in [1.29, 1.82) is 0 Å². The molecule has 2 aromatic heterocycles. The monoisotopic (exact) mass is 469 g/mol. The number of halogens is 1. The van der Waals surface area contributed by atoms with Crippen LogP contribution in [0.5, 0.6) is 5.75 Å². The van der Waals surface area contributed by atoms with Gasteiger partial charge >= 0.3 is 0 Å². The number of phenols is 1. The molecule has 0 fully saturated rings. The maximum Gasteiger partial charge on any atom is 0.237 e. The topological polar surface area (TPSA) is 75.1 Å². The standard InChI is InChI=1S/C23H20ClN3O2S2/c1-12-4-6-16(13(2)8-12)17-10-30-22-20(17)23(26-11-25-22)31-14(3)21(29)27-18-9-15(24)5-7-19(18)28/h4-11,14,28H,1-3H3,(H,27,29). The van der Waals surface area contributed by atoms with Crippen LogP contribution in [0.3, 0.4) is 0 Å². The number of amides is 1. The van der Waals surface area contributed by atoms with Gasteiger partial charge in [-0.05, 0) is 50.1 Å². The van der Waals surface area contributed by atoms with E-state index in [-0.39, 0.29) is 17.3 Å². The van der Waals surface area contributed by atoms with E-state index in [1.54, 1.807) is 24.3 Å². The molecule has 4 aromatic rings. The number of aryl methyl sites for hydroxylation is 2. The Morgan fingerprint density at radius 1 is 1.16 bits per heavy atom. The highest BCUT2D eigenvalue weighted by Gasteiger charge is 2.21. The van der Waals surface area contributed by atoms with Crippen LogP contribution < -0.4 is 5.32 Å². The van der Waals surface area contributed by atoms with Crippen molar-refractivity contribution < 1.29 is 9.90 Å². The van der Waals surface area contributed by atoms with Crippen molar-refractivity contribution in [2.24, 2.45) is 0 Å². The van der Waals surface area contributed by atoms with E-state index in [4.69, 9.17) is 11.6 Å². The van der Waals surface area contributed by atoms with Gasteiger partial charge in [-0.3, -0.25) is 4.79 Å². The number of anilines is 1. The summed E-state index contributed by atoms with van der Waals surface area (Å²) in [6, 6.07) is 10.9. The summed E-state index contributed by atoms with van der Waals surface area (Å²) in [6.07, 6.45) is 1.53. The van der Waals surface area contributed by atoms with Crippen molar-refractivity contribution in [1.82, 2.24) is 9.97 Å². The van der Waals surface area contributed by atoms with Gasteiger partial charge in [-0.15, -0.1) is 11.3 Å². The lowest BCUT2D eigenvalue weighted by Gasteiger charge is -2.14. The quantitative estimate of drug-likeness (QED) is 0.199. The number of thioether (sulfide) groups is 1. The number of aromatic hydroxyl groups is 1. The van der Waals surface area contributed by atoms with Gasteiger partial charge in [-0.1, -0.05) is 47.1 Å². The Labute approximate surface area is 193 Å². The number of fused-ring (bicyclic) bond motifs is 1. The first-order valence-electron chi connectivity index (χ1n) is 9.59. The third-order valence-electron chi connectivity index (χ3n) is 4.88. The molecule has 4 rings (SSSR count). The predicted molar refractivity (Wildman–Crippen MR) is 129 cm³/mol. The van der Waals surface area contributed by atoms with Gasteiger partial charge in [-0.25, -0.2) is 9.97 Å². The molecular weight excluding hydrogens is 450 g/mol. The van der Waals surface area contributed by atoms with Crippen LogP contribution in [0.1, 0.15) is 18.1 Å². The molecule has 1 amide bonds. The first kappa shape index (κ1) is 21.6. The lowest BCUT2D eigenvalue weighted by Crippen LogP contribution is -2.22. The molecule has 0 spiro atoms. The average molecular weight is 470 g/mol. The van der Waals surface area contributed by atoms with Gasteiger partial charge in [0.1, 0.15) is 21.9 Å². The van der Waals surface area contributed by atoms with Crippen LogP contribution in [-0.2, 0) is 4.79 Å². The van der Waals surface area contributed by atoms with E-state index in [9.17, 15) is 9.90 Å². The van der Waals surface area contributed by atoms with E-state index in [0.717, 1.165) is 26.4 Å². The molecule has 2 aromatic carbocycles. The van der Waals surface area contributed by atoms with Crippen molar-refractivity contribution >= 4 is 56.5 Å². The molecule has 8 heteroatoms. The maximum absolute atomic E-state index is 12.8. The molecule has 0 aliphatic rings. The minimum absolute atomic E-state index is 0.0330. The summed E-state index contributed by atoms with van der Waals surface area (Å²) in [5.74, 6) is -0.285.